The fourth-order valence-corrected chi connectivity index (χ4v) is 0.0962. The number of rotatable bonds is 2. The molecule has 0 aromatic heterocycles. The molecule has 0 aromatic carbocycles. The van der Waals surface area contributed by atoms with Crippen molar-refractivity contribution in [1.82, 2.24) is 0 Å². The van der Waals surface area contributed by atoms with E-state index in [1.54, 1.807) is 0 Å². The Bertz CT molecular complexity index is 107. The molecule has 6 heteroatoms. The maximum Gasteiger partial charge on any atom is 2.00 e. The Morgan fingerprint density at radius 1 is 1.22 bits per heavy atom. The SMILES string of the molecule is O=C([O-])C(O)C(=O)[O-].[Zn+2]. The van der Waals surface area contributed by atoms with Crippen LogP contribution in [0.3, 0.4) is 0 Å². The van der Waals surface area contributed by atoms with Crippen molar-refractivity contribution in [1.29, 1.82) is 0 Å². The molecular formula is C3H2O5Zn. The van der Waals surface area contributed by atoms with Crippen LogP contribution in [-0.2, 0) is 29.1 Å². The van der Waals surface area contributed by atoms with Gasteiger partial charge in [-0.1, -0.05) is 0 Å². The van der Waals surface area contributed by atoms with Gasteiger partial charge in [-0.25, -0.2) is 0 Å². The Hall–Kier alpha value is -0.477. The summed E-state index contributed by atoms with van der Waals surface area (Å²) in [6, 6.07) is 0. The van der Waals surface area contributed by atoms with Gasteiger partial charge in [-0.15, -0.1) is 0 Å². The van der Waals surface area contributed by atoms with Crippen LogP contribution in [0.15, 0.2) is 0 Å². The number of carboxylic acids is 2. The summed E-state index contributed by atoms with van der Waals surface area (Å²) in [5.41, 5.74) is 0. The van der Waals surface area contributed by atoms with Crippen LogP contribution < -0.4 is 10.2 Å². The normalized spacial score (nSPS) is 8.22. The van der Waals surface area contributed by atoms with Crippen molar-refractivity contribution in [3.05, 3.63) is 0 Å². The van der Waals surface area contributed by atoms with Crippen LogP contribution in [-0.4, -0.2) is 23.1 Å². The number of aliphatic hydroxyl groups excluding tert-OH is 1. The largest absolute Gasteiger partial charge is 2.00 e. The smallest absolute Gasteiger partial charge is 0.547 e. The van der Waals surface area contributed by atoms with Crippen LogP contribution in [0.5, 0.6) is 0 Å². The molecule has 0 fully saturated rings. The van der Waals surface area contributed by atoms with Crippen molar-refractivity contribution in [2.45, 2.75) is 6.10 Å². The molecule has 9 heavy (non-hydrogen) atoms. The van der Waals surface area contributed by atoms with Crippen molar-refractivity contribution in [2.75, 3.05) is 0 Å². The molecule has 0 aliphatic rings. The standard InChI is InChI=1S/C3H4O5.Zn/c4-1(2(5)6)3(7)8;/h1,4H,(H,5,6)(H,7,8);/q;+2/p-2. The van der Waals surface area contributed by atoms with E-state index >= 15 is 0 Å². The molecule has 0 saturated carbocycles. The van der Waals surface area contributed by atoms with E-state index in [9.17, 15) is 19.8 Å². The molecule has 0 spiro atoms. The Labute approximate surface area is 63.1 Å². The first-order chi connectivity index (χ1) is 3.55. The second-order valence-corrected chi connectivity index (χ2v) is 1.04. The first-order valence-corrected chi connectivity index (χ1v) is 1.65. The molecule has 0 aliphatic carbocycles. The molecule has 0 rings (SSSR count). The van der Waals surface area contributed by atoms with Gasteiger partial charge in [0.05, 0.1) is 11.9 Å². The van der Waals surface area contributed by atoms with Gasteiger partial charge in [0.1, 0.15) is 6.10 Å². The number of aliphatic hydroxyl groups is 1. The summed E-state index contributed by atoms with van der Waals surface area (Å²) in [7, 11) is 0. The molecular weight excluding hydrogens is 181 g/mol. The fourth-order valence-electron chi connectivity index (χ4n) is 0.0962. The Balaban J connectivity index is 0. The molecule has 0 aliphatic heterocycles. The van der Waals surface area contributed by atoms with Crippen LogP contribution >= 0.6 is 0 Å². The average Bonchev–Trinajstić information content (AvgIpc) is 1.64. The van der Waals surface area contributed by atoms with E-state index in [0.717, 1.165) is 0 Å². The summed E-state index contributed by atoms with van der Waals surface area (Å²) in [4.78, 5) is 18.7. The van der Waals surface area contributed by atoms with E-state index in [1.807, 2.05) is 0 Å². The molecule has 5 nitrogen and oxygen atoms in total. The maximum absolute atomic E-state index is 9.36. The van der Waals surface area contributed by atoms with Crippen LogP contribution in [0.1, 0.15) is 0 Å². The molecule has 0 aromatic rings. The molecule has 46 valence electrons. The fraction of sp³-hybridized carbons (Fsp3) is 0.333. The van der Waals surface area contributed by atoms with E-state index in [1.165, 1.54) is 0 Å². The minimum Gasteiger partial charge on any atom is -0.547 e. The van der Waals surface area contributed by atoms with E-state index in [4.69, 9.17) is 5.11 Å². The van der Waals surface area contributed by atoms with Crippen molar-refractivity contribution in [2.24, 2.45) is 0 Å². The molecule has 0 unspecified atom stereocenters. The van der Waals surface area contributed by atoms with Gasteiger partial charge in [-0.3, -0.25) is 0 Å². The number of aliphatic carboxylic acids is 2. The zero-order chi connectivity index (χ0) is 6.73. The monoisotopic (exact) mass is 182 g/mol. The number of hydrogen-bond acceptors (Lipinski definition) is 5. The summed E-state index contributed by atoms with van der Waals surface area (Å²) in [6.07, 6.45) is -2.52. The van der Waals surface area contributed by atoms with Crippen molar-refractivity contribution >= 4 is 11.9 Å². The third-order valence-corrected chi connectivity index (χ3v) is 0.447. The number of carbonyl (C=O) groups excluding carboxylic acids is 2. The summed E-state index contributed by atoms with van der Waals surface area (Å²) < 4.78 is 0. The van der Waals surface area contributed by atoms with Crippen molar-refractivity contribution < 1.29 is 44.4 Å². The first kappa shape index (κ1) is 11.3. The first-order valence-electron chi connectivity index (χ1n) is 1.65. The topological polar surface area (TPSA) is 100 Å². The van der Waals surface area contributed by atoms with Gasteiger partial charge < -0.3 is 24.9 Å². The summed E-state index contributed by atoms with van der Waals surface area (Å²) in [6.45, 7) is 0. The van der Waals surface area contributed by atoms with Crippen LogP contribution in [0.2, 0.25) is 0 Å². The van der Waals surface area contributed by atoms with Gasteiger partial charge in [-0.05, 0) is 0 Å². The quantitative estimate of drug-likeness (QED) is 0.346. The summed E-state index contributed by atoms with van der Waals surface area (Å²) >= 11 is 0. The van der Waals surface area contributed by atoms with Gasteiger partial charge in [0, 0.05) is 0 Å². The molecule has 0 saturated heterocycles. The van der Waals surface area contributed by atoms with Gasteiger partial charge >= 0.3 is 19.5 Å². The number of carboxylic acid groups (broad SMARTS) is 2. The predicted octanol–water partition coefficient (Wildman–Crippen LogP) is -4.16. The van der Waals surface area contributed by atoms with E-state index in [-0.39, 0.29) is 19.5 Å². The third kappa shape index (κ3) is 4.06. The molecule has 0 amide bonds. The van der Waals surface area contributed by atoms with Gasteiger partial charge in [0.25, 0.3) is 0 Å². The molecule has 0 radical (unpaired) electrons. The molecule has 0 bridgehead atoms. The summed E-state index contributed by atoms with van der Waals surface area (Å²) in [5.74, 6) is -4.13. The molecule has 1 N–H and O–H groups in total. The van der Waals surface area contributed by atoms with Crippen molar-refractivity contribution in [3.63, 3.8) is 0 Å². The third-order valence-electron chi connectivity index (χ3n) is 0.447. The van der Waals surface area contributed by atoms with E-state index in [0.29, 0.717) is 0 Å². The molecule has 0 atom stereocenters. The Kier molecular flexibility index (Phi) is 5.55. The second kappa shape index (κ2) is 4.41. The zero-order valence-corrected chi connectivity index (χ0v) is 7.33. The minimum atomic E-state index is -2.52. The average molecular weight is 183 g/mol. The van der Waals surface area contributed by atoms with Crippen LogP contribution in [0.4, 0.5) is 0 Å². The predicted molar refractivity (Wildman–Crippen MR) is 16.0 cm³/mol. The van der Waals surface area contributed by atoms with Gasteiger partial charge in [0.2, 0.25) is 0 Å². The maximum atomic E-state index is 9.36. The van der Waals surface area contributed by atoms with Crippen LogP contribution in [0, 0.1) is 0 Å². The van der Waals surface area contributed by atoms with Gasteiger partial charge in [-0.2, -0.15) is 0 Å². The van der Waals surface area contributed by atoms with Gasteiger partial charge in [0.15, 0.2) is 0 Å². The summed E-state index contributed by atoms with van der Waals surface area (Å²) in [5, 5.41) is 26.6. The minimum absolute atomic E-state index is 0. The zero-order valence-electron chi connectivity index (χ0n) is 4.36. The van der Waals surface area contributed by atoms with Crippen LogP contribution in [0.25, 0.3) is 0 Å². The Morgan fingerprint density at radius 2 is 1.44 bits per heavy atom. The molecule has 0 heterocycles. The van der Waals surface area contributed by atoms with E-state index < -0.39 is 18.0 Å². The Morgan fingerprint density at radius 3 is 1.44 bits per heavy atom. The number of hydrogen-bond donors (Lipinski definition) is 1. The number of carbonyl (C=O) groups is 2. The van der Waals surface area contributed by atoms with E-state index in [2.05, 4.69) is 0 Å². The van der Waals surface area contributed by atoms with Crippen molar-refractivity contribution in [3.8, 4) is 0 Å². The second-order valence-electron chi connectivity index (χ2n) is 1.04.